The molecule has 86 valence electrons. The molecule has 0 bridgehead atoms. The smallest absolute Gasteiger partial charge is 0.233 e. The summed E-state index contributed by atoms with van der Waals surface area (Å²) < 4.78 is 0. The average Bonchev–Trinajstić information content (AvgIpc) is 2.58. The molecule has 0 aromatic carbocycles. The zero-order valence-corrected chi connectivity index (χ0v) is 11.1. The van der Waals surface area contributed by atoms with E-state index < -0.39 is 0 Å². The topological polar surface area (TPSA) is 46.1 Å². The number of hydrogen-bond acceptors (Lipinski definition) is 3. The number of carbonyl (C=O) groups is 1. The highest BCUT2D eigenvalue weighted by atomic mass is 79.9. The van der Waals surface area contributed by atoms with Gasteiger partial charge in [-0.3, -0.25) is 9.69 Å². The fraction of sp³-hybridized carbons (Fsp3) is 0.500. The molecule has 2 rings (SSSR count). The maximum Gasteiger partial charge on any atom is 0.233 e. The minimum Gasteiger partial charge on any atom is -0.280 e. The molecule has 0 spiro atoms. The van der Waals surface area contributed by atoms with E-state index in [9.17, 15) is 4.79 Å². The van der Waals surface area contributed by atoms with Crippen molar-refractivity contribution in [2.24, 2.45) is 5.92 Å². The number of nitrogens with zero attached hydrogens (tertiary/aromatic N) is 3. The van der Waals surface area contributed by atoms with E-state index >= 15 is 0 Å². The lowest BCUT2D eigenvalue weighted by molar-refractivity contribution is -0.117. The highest BCUT2D eigenvalue weighted by molar-refractivity contribution is 9.09. The van der Waals surface area contributed by atoms with Crippen LogP contribution in [0.25, 0.3) is 0 Å². The summed E-state index contributed by atoms with van der Waals surface area (Å²) in [7, 11) is 0. The second-order valence-corrected chi connectivity index (χ2v) is 4.90. The third-order valence-electron chi connectivity index (χ3n) is 2.48. The molecule has 1 aromatic rings. The van der Waals surface area contributed by atoms with Crippen molar-refractivity contribution in [2.45, 2.75) is 13.3 Å². The van der Waals surface area contributed by atoms with Gasteiger partial charge in [-0.1, -0.05) is 27.5 Å². The van der Waals surface area contributed by atoms with Gasteiger partial charge in [-0.2, -0.15) is 0 Å². The van der Waals surface area contributed by atoms with Crippen LogP contribution in [0, 0.1) is 12.8 Å². The van der Waals surface area contributed by atoms with Gasteiger partial charge in [0, 0.05) is 24.0 Å². The molecule has 4 nitrogen and oxygen atoms in total. The van der Waals surface area contributed by atoms with Gasteiger partial charge in [-0.15, -0.1) is 0 Å². The summed E-state index contributed by atoms with van der Waals surface area (Å²) in [5.41, 5.74) is 0.769. The van der Waals surface area contributed by atoms with Crippen LogP contribution in [0.4, 0.5) is 5.95 Å². The van der Waals surface area contributed by atoms with Gasteiger partial charge in [-0.25, -0.2) is 9.97 Å². The molecule has 2 heterocycles. The first-order valence-corrected chi connectivity index (χ1v) is 6.47. The van der Waals surface area contributed by atoms with Crippen molar-refractivity contribution in [1.82, 2.24) is 9.97 Å². The first-order valence-electron chi connectivity index (χ1n) is 4.97. The number of aromatic nitrogens is 2. The molecule has 0 N–H and O–H groups in total. The first kappa shape index (κ1) is 11.8. The minimum atomic E-state index is 0.0612. The van der Waals surface area contributed by atoms with Crippen LogP contribution in [0.3, 0.4) is 0 Å². The number of carbonyl (C=O) groups excluding carboxylic acids is 1. The van der Waals surface area contributed by atoms with Crippen molar-refractivity contribution < 1.29 is 4.79 Å². The Hall–Kier alpha value is -0.680. The summed E-state index contributed by atoms with van der Waals surface area (Å²) in [5, 5.41) is 1.19. The summed E-state index contributed by atoms with van der Waals surface area (Å²) in [6, 6.07) is 1.67. The Kier molecular flexibility index (Phi) is 3.44. The van der Waals surface area contributed by atoms with Crippen molar-refractivity contribution in [3.63, 3.8) is 0 Å². The normalized spacial score (nSPS) is 20.6. The molecule has 1 aliphatic heterocycles. The predicted molar refractivity (Wildman–Crippen MR) is 66.0 cm³/mol. The van der Waals surface area contributed by atoms with Crippen molar-refractivity contribution in [1.29, 1.82) is 0 Å². The molecular formula is C10H11BrClN3O. The van der Waals surface area contributed by atoms with Gasteiger partial charge in [0.05, 0.1) is 0 Å². The Morgan fingerprint density at radius 2 is 2.38 bits per heavy atom. The number of rotatable bonds is 2. The summed E-state index contributed by atoms with van der Waals surface area (Å²) in [5.74, 6) is 0.806. The van der Waals surface area contributed by atoms with Crippen LogP contribution in [0.5, 0.6) is 0 Å². The Bertz CT molecular complexity index is 406. The molecule has 1 aliphatic rings. The molecule has 1 fully saturated rings. The molecule has 1 aromatic heterocycles. The maximum atomic E-state index is 11.7. The Labute approximate surface area is 107 Å². The fourth-order valence-corrected chi connectivity index (χ4v) is 2.38. The van der Waals surface area contributed by atoms with Crippen molar-refractivity contribution in [2.75, 3.05) is 16.8 Å². The SMILES string of the molecule is Cc1cc(Cl)nc(N2CC(CBr)CC2=O)n1. The Morgan fingerprint density at radius 1 is 1.62 bits per heavy atom. The average molecular weight is 305 g/mol. The van der Waals surface area contributed by atoms with E-state index in [4.69, 9.17) is 11.6 Å². The van der Waals surface area contributed by atoms with E-state index in [0.717, 1.165) is 11.0 Å². The van der Waals surface area contributed by atoms with E-state index in [1.165, 1.54) is 0 Å². The van der Waals surface area contributed by atoms with Gasteiger partial charge in [0.25, 0.3) is 0 Å². The Morgan fingerprint density at radius 3 is 2.94 bits per heavy atom. The number of alkyl halides is 1. The largest absolute Gasteiger partial charge is 0.280 e. The van der Waals surface area contributed by atoms with E-state index in [1.807, 2.05) is 6.92 Å². The number of hydrogen-bond donors (Lipinski definition) is 0. The van der Waals surface area contributed by atoms with Crippen LogP contribution in [0.1, 0.15) is 12.1 Å². The second kappa shape index (κ2) is 4.67. The quantitative estimate of drug-likeness (QED) is 0.621. The van der Waals surface area contributed by atoms with Gasteiger partial charge in [0.15, 0.2) is 0 Å². The monoisotopic (exact) mass is 303 g/mol. The molecule has 1 unspecified atom stereocenters. The van der Waals surface area contributed by atoms with Gasteiger partial charge >= 0.3 is 0 Å². The second-order valence-electron chi connectivity index (χ2n) is 3.86. The van der Waals surface area contributed by atoms with Crippen molar-refractivity contribution in [3.8, 4) is 0 Å². The van der Waals surface area contributed by atoms with E-state index in [-0.39, 0.29) is 5.91 Å². The zero-order chi connectivity index (χ0) is 11.7. The summed E-state index contributed by atoms with van der Waals surface area (Å²) >= 11 is 9.24. The standard InChI is InChI=1S/C10H11BrClN3O/c1-6-2-8(12)14-10(13-6)15-5-7(4-11)3-9(15)16/h2,7H,3-5H2,1H3. The summed E-state index contributed by atoms with van der Waals surface area (Å²) in [6.45, 7) is 2.49. The molecule has 1 saturated heterocycles. The van der Waals surface area contributed by atoms with Crippen molar-refractivity contribution >= 4 is 39.4 Å². The van der Waals surface area contributed by atoms with Crippen LogP contribution in [0.15, 0.2) is 6.07 Å². The van der Waals surface area contributed by atoms with Gasteiger partial charge in [-0.05, 0) is 18.9 Å². The lowest BCUT2D eigenvalue weighted by atomic mass is 10.2. The molecule has 0 aliphatic carbocycles. The highest BCUT2D eigenvalue weighted by Crippen LogP contribution is 2.24. The summed E-state index contributed by atoms with van der Waals surface area (Å²) in [4.78, 5) is 21.7. The molecule has 1 amide bonds. The number of halogens is 2. The lowest BCUT2D eigenvalue weighted by Crippen LogP contribution is -2.27. The summed E-state index contributed by atoms with van der Waals surface area (Å²) in [6.07, 6.45) is 0.542. The molecule has 0 radical (unpaired) electrons. The third kappa shape index (κ3) is 2.35. The molecule has 16 heavy (non-hydrogen) atoms. The van der Waals surface area contributed by atoms with Crippen LogP contribution >= 0.6 is 27.5 Å². The maximum absolute atomic E-state index is 11.7. The van der Waals surface area contributed by atoms with Gasteiger partial charge in [0.2, 0.25) is 11.9 Å². The zero-order valence-electron chi connectivity index (χ0n) is 8.78. The van der Waals surface area contributed by atoms with Crippen molar-refractivity contribution in [3.05, 3.63) is 16.9 Å². The molecule has 6 heteroatoms. The van der Waals surface area contributed by atoms with Crippen LogP contribution < -0.4 is 4.90 Å². The Balaban J connectivity index is 2.27. The van der Waals surface area contributed by atoms with Gasteiger partial charge < -0.3 is 0 Å². The van der Waals surface area contributed by atoms with Crippen LogP contribution in [-0.2, 0) is 4.79 Å². The molecule has 1 atom stereocenters. The fourth-order valence-electron chi connectivity index (χ4n) is 1.71. The van der Waals surface area contributed by atoms with E-state index in [1.54, 1.807) is 11.0 Å². The predicted octanol–water partition coefficient (Wildman–Crippen LogP) is 2.19. The van der Waals surface area contributed by atoms with Gasteiger partial charge in [0.1, 0.15) is 5.15 Å². The highest BCUT2D eigenvalue weighted by Gasteiger charge is 2.31. The molecule has 0 saturated carbocycles. The minimum absolute atomic E-state index is 0.0612. The molecular weight excluding hydrogens is 293 g/mol. The van der Waals surface area contributed by atoms with E-state index in [2.05, 4.69) is 25.9 Å². The number of aryl methyl sites for hydroxylation is 1. The first-order chi connectivity index (χ1) is 7.60. The lowest BCUT2D eigenvalue weighted by Gasteiger charge is -2.14. The third-order valence-corrected chi connectivity index (χ3v) is 3.59. The number of anilines is 1. The number of amides is 1. The van der Waals surface area contributed by atoms with E-state index in [0.29, 0.717) is 30.0 Å². The van der Waals surface area contributed by atoms with Crippen LogP contribution in [-0.4, -0.2) is 27.7 Å². The van der Waals surface area contributed by atoms with Crippen LogP contribution in [0.2, 0.25) is 5.15 Å².